The van der Waals surface area contributed by atoms with Gasteiger partial charge in [0.1, 0.15) is 60.0 Å². The highest BCUT2D eigenvalue weighted by Crippen LogP contribution is 2.30. The molecule has 3 heterocycles. The molecule has 2 saturated heterocycles. The summed E-state index contributed by atoms with van der Waals surface area (Å²) in [6, 6.07) is 11.9. The molecule has 10 atom stereocenters. The van der Waals surface area contributed by atoms with E-state index in [-0.39, 0.29) is 68.5 Å². The molecule has 0 radical (unpaired) electrons. The van der Waals surface area contributed by atoms with E-state index in [1.807, 2.05) is 19.9 Å². The average molecular weight is 971 g/mol. The lowest BCUT2D eigenvalue weighted by molar-refractivity contribution is -0.359. The van der Waals surface area contributed by atoms with Gasteiger partial charge in [-0.1, -0.05) is 6.07 Å². The average Bonchev–Trinajstić information content (AvgIpc) is 3.32. The van der Waals surface area contributed by atoms with Crippen molar-refractivity contribution < 1.29 is 90.8 Å². The first-order valence-corrected chi connectivity index (χ1v) is 22.9. The quantitative estimate of drug-likeness (QED) is 0.0238. The first-order valence-electron chi connectivity index (χ1n) is 21.5. The fourth-order valence-corrected chi connectivity index (χ4v) is 8.02. The Morgan fingerprint density at radius 2 is 1.42 bits per heavy atom. The van der Waals surface area contributed by atoms with Gasteiger partial charge in [-0.05, 0) is 50.2 Å². The molecule has 0 spiro atoms. The van der Waals surface area contributed by atoms with Crippen molar-refractivity contribution in [2.24, 2.45) is 0 Å². The topological polar surface area (TPSA) is 352 Å². The predicted octanol–water partition coefficient (Wildman–Crippen LogP) is -3.33. The van der Waals surface area contributed by atoms with E-state index in [0.717, 1.165) is 24.8 Å². The summed E-state index contributed by atoms with van der Waals surface area (Å²) in [7, 11) is -4.32. The van der Waals surface area contributed by atoms with Gasteiger partial charge in [-0.2, -0.15) is 8.42 Å². The van der Waals surface area contributed by atoms with Crippen LogP contribution in [0.4, 0.5) is 5.69 Å². The maximum atomic E-state index is 12.8. The highest BCUT2D eigenvalue weighted by Gasteiger charge is 2.50. The summed E-state index contributed by atoms with van der Waals surface area (Å²) in [6.45, 7) is 2.95. The minimum Gasteiger partial charge on any atom is -0.422 e. The molecule has 24 nitrogen and oxygen atoms in total. The van der Waals surface area contributed by atoms with Gasteiger partial charge in [0.25, 0.3) is 21.9 Å². The number of rotatable bonds is 24. The van der Waals surface area contributed by atoms with E-state index in [1.54, 1.807) is 12.1 Å². The van der Waals surface area contributed by atoms with Crippen LogP contribution in [0.25, 0.3) is 11.0 Å². The minimum atomic E-state index is -4.32. The molecular weight excluding hydrogens is 913 g/mol. The largest absolute Gasteiger partial charge is 0.422 e. The van der Waals surface area contributed by atoms with Gasteiger partial charge in [0.15, 0.2) is 12.6 Å². The van der Waals surface area contributed by atoms with Gasteiger partial charge in [-0.3, -0.25) is 18.6 Å². The monoisotopic (exact) mass is 970 g/mol. The zero-order valence-electron chi connectivity index (χ0n) is 36.7. The van der Waals surface area contributed by atoms with Crippen molar-refractivity contribution in [2.75, 3.05) is 77.3 Å². The van der Waals surface area contributed by atoms with Crippen LogP contribution in [0.5, 0.6) is 0 Å². The van der Waals surface area contributed by atoms with E-state index in [0.29, 0.717) is 11.0 Å². The molecule has 25 heteroatoms. The highest BCUT2D eigenvalue weighted by atomic mass is 32.2. The lowest BCUT2D eigenvalue weighted by atomic mass is 9.97. The molecule has 3 amide bonds. The normalized spacial score (nSPS) is 25.4. The molecule has 2 aromatic carbocycles. The summed E-state index contributed by atoms with van der Waals surface area (Å²) in [5.41, 5.74) is 0.223. The molecule has 1 aromatic heterocycles. The number of hydrogen-bond donors (Lipinski definition) is 10. The van der Waals surface area contributed by atoms with E-state index >= 15 is 0 Å². The summed E-state index contributed by atoms with van der Waals surface area (Å²) in [5, 5.41) is 79.1. The number of nitrogens with one attached hydrogen (secondary N) is 3. The SMILES string of the molecule is CCN(CC)c1ccc2cc(C(=O)NCCOCCOS(=O)(=O)c3cccc(C(=O)NCCC(=O)NCCO[C@@H]4O[C@H](CO)[C@@H](O[C@@H]5O[C@H](CO)[C@H](O)[C@H](O)[C@H]5O)[C@H](O)[C@H]4O)c3)c(=O)oc2c1. The number of nitrogens with zero attached hydrogens (tertiary/aromatic N) is 1. The minimum absolute atomic E-state index is 0.00345. The van der Waals surface area contributed by atoms with Crippen LogP contribution < -0.4 is 26.5 Å². The van der Waals surface area contributed by atoms with Crippen LogP contribution in [-0.4, -0.2) is 196 Å². The zero-order chi connectivity index (χ0) is 48.8. The van der Waals surface area contributed by atoms with Crippen LogP contribution in [0.1, 0.15) is 41.0 Å². The Balaban J connectivity index is 0.963. The zero-order valence-corrected chi connectivity index (χ0v) is 37.5. The lowest BCUT2D eigenvalue weighted by Gasteiger charge is -2.45. The number of hydrogen-bond acceptors (Lipinski definition) is 21. The van der Waals surface area contributed by atoms with E-state index in [9.17, 15) is 63.3 Å². The van der Waals surface area contributed by atoms with Gasteiger partial charge in [0, 0.05) is 61.8 Å². The second-order valence-electron chi connectivity index (χ2n) is 15.2. The van der Waals surface area contributed by atoms with Gasteiger partial charge in [-0.25, -0.2) is 4.79 Å². The molecule has 2 fully saturated rings. The van der Waals surface area contributed by atoms with Crippen molar-refractivity contribution in [3.63, 3.8) is 0 Å². The molecule has 3 aromatic rings. The molecule has 0 saturated carbocycles. The van der Waals surface area contributed by atoms with Crippen molar-refractivity contribution in [1.29, 1.82) is 0 Å². The smallest absolute Gasteiger partial charge is 0.349 e. The van der Waals surface area contributed by atoms with Gasteiger partial charge < -0.3 is 84.7 Å². The van der Waals surface area contributed by atoms with Crippen molar-refractivity contribution in [3.05, 3.63) is 70.1 Å². The number of ether oxygens (including phenoxy) is 5. The van der Waals surface area contributed by atoms with Crippen molar-refractivity contribution in [3.8, 4) is 0 Å². The van der Waals surface area contributed by atoms with E-state index in [2.05, 4.69) is 20.9 Å². The van der Waals surface area contributed by atoms with Crippen LogP contribution in [0, 0.1) is 0 Å². The van der Waals surface area contributed by atoms with Gasteiger partial charge >= 0.3 is 5.63 Å². The van der Waals surface area contributed by atoms with E-state index in [4.69, 9.17) is 32.3 Å². The lowest BCUT2D eigenvalue weighted by Crippen LogP contribution is -2.64. The molecule has 0 unspecified atom stereocenters. The van der Waals surface area contributed by atoms with Crippen molar-refractivity contribution in [1.82, 2.24) is 16.0 Å². The number of aliphatic hydroxyl groups excluding tert-OH is 7. The predicted molar refractivity (Wildman–Crippen MR) is 231 cm³/mol. The highest BCUT2D eigenvalue weighted by molar-refractivity contribution is 7.86. The molecular formula is C42H58N4O20S. The third-order valence-electron chi connectivity index (χ3n) is 10.8. The number of anilines is 1. The number of fused-ring (bicyclic) bond motifs is 1. The fraction of sp³-hybridized carbons (Fsp3) is 0.571. The molecule has 10 N–H and O–H groups in total. The van der Waals surface area contributed by atoms with Crippen LogP contribution in [0.15, 0.2) is 62.6 Å². The maximum absolute atomic E-state index is 12.8. The van der Waals surface area contributed by atoms with Gasteiger partial charge in [0.05, 0.1) is 44.5 Å². The maximum Gasteiger partial charge on any atom is 0.349 e. The Hall–Kier alpha value is -4.71. The second kappa shape index (κ2) is 25.1. The standard InChI is InChI=1S/C42H58N4O20S/c1-3-46(4-2)25-9-8-23-19-27(40(57)63-28(23)20-25)39(56)45-12-14-60-16-17-62-67(58,59)26-7-5-6-24(18-26)38(55)44-11-10-31(49)43-13-15-61-41-36(54)34(52)37(30(22-48)65-41)66-42-35(53)33(51)32(50)29(21-47)64-42/h5-9,18-20,29-30,32-37,41-42,47-48,50-54H,3-4,10-17,21-22H2,1-2H3,(H,43,49)(H,44,55)(H,45,56)/t29-,30-,32+,33+,34-,35-,36-,37-,41-,42+/m1/s1. The van der Waals surface area contributed by atoms with Crippen LogP contribution in [0.2, 0.25) is 0 Å². The van der Waals surface area contributed by atoms with Crippen LogP contribution in [0.3, 0.4) is 0 Å². The molecule has 2 aliphatic rings. The van der Waals surface area contributed by atoms with Crippen molar-refractivity contribution in [2.45, 2.75) is 86.6 Å². The third-order valence-corrected chi connectivity index (χ3v) is 12.1. The molecule has 5 rings (SSSR count). The van der Waals surface area contributed by atoms with Crippen molar-refractivity contribution >= 4 is 44.5 Å². The Morgan fingerprint density at radius 1 is 0.731 bits per heavy atom. The fourth-order valence-electron chi connectivity index (χ4n) is 7.08. The molecule has 2 aliphatic heterocycles. The first-order chi connectivity index (χ1) is 32.0. The number of benzene rings is 2. The van der Waals surface area contributed by atoms with Crippen LogP contribution in [-0.2, 0) is 42.8 Å². The Labute approximate surface area is 384 Å². The number of carbonyl (C=O) groups excluding carboxylic acids is 3. The van der Waals surface area contributed by atoms with Crippen LogP contribution >= 0.6 is 0 Å². The summed E-state index contributed by atoms with van der Waals surface area (Å²) in [5.74, 6) is -1.87. The molecule has 0 aliphatic carbocycles. The molecule has 0 bridgehead atoms. The van der Waals surface area contributed by atoms with Gasteiger partial charge in [0.2, 0.25) is 5.91 Å². The Morgan fingerprint density at radius 3 is 2.13 bits per heavy atom. The number of aliphatic hydroxyl groups is 7. The molecule has 372 valence electrons. The molecule has 67 heavy (non-hydrogen) atoms. The third kappa shape index (κ3) is 13.9. The Bertz CT molecular complexity index is 2280. The van der Waals surface area contributed by atoms with E-state index < -0.39 is 108 Å². The first kappa shape index (κ1) is 53.2. The number of carbonyl (C=O) groups is 3. The summed E-state index contributed by atoms with van der Waals surface area (Å²) < 4.78 is 63.2. The Kier molecular flexibility index (Phi) is 19.9. The van der Waals surface area contributed by atoms with E-state index in [1.165, 1.54) is 24.3 Å². The summed E-state index contributed by atoms with van der Waals surface area (Å²) >= 11 is 0. The summed E-state index contributed by atoms with van der Waals surface area (Å²) in [6.07, 6.45) is -16.4. The summed E-state index contributed by atoms with van der Waals surface area (Å²) in [4.78, 5) is 52.2. The second-order valence-corrected chi connectivity index (χ2v) is 16.9. The van der Waals surface area contributed by atoms with Gasteiger partial charge in [-0.15, -0.1) is 0 Å². The number of amides is 3.